The van der Waals surface area contributed by atoms with Crippen LogP contribution in [0.3, 0.4) is 0 Å². The molecular formula is C17H28N4. The molecule has 21 heavy (non-hydrogen) atoms. The summed E-state index contributed by atoms with van der Waals surface area (Å²) >= 11 is 0. The number of fused-ring (bicyclic) bond motifs is 2. The van der Waals surface area contributed by atoms with E-state index in [0.717, 1.165) is 37.4 Å². The van der Waals surface area contributed by atoms with E-state index >= 15 is 0 Å². The summed E-state index contributed by atoms with van der Waals surface area (Å²) < 4.78 is 0. The van der Waals surface area contributed by atoms with Gasteiger partial charge in [0, 0.05) is 54.9 Å². The monoisotopic (exact) mass is 288 g/mol. The summed E-state index contributed by atoms with van der Waals surface area (Å²) in [6.07, 6.45) is 6.08. The predicted molar refractivity (Wildman–Crippen MR) is 87.8 cm³/mol. The first kappa shape index (κ1) is 14.8. The number of nitrogens with zero attached hydrogens (tertiary/aromatic N) is 3. The van der Waals surface area contributed by atoms with Crippen LogP contribution in [0.1, 0.15) is 37.4 Å². The molecule has 0 aromatic carbocycles. The number of nitrogens with one attached hydrogen (secondary N) is 1. The van der Waals surface area contributed by atoms with Gasteiger partial charge in [-0.1, -0.05) is 6.92 Å². The van der Waals surface area contributed by atoms with Crippen molar-refractivity contribution in [1.29, 1.82) is 0 Å². The van der Waals surface area contributed by atoms with Crippen molar-refractivity contribution in [3.63, 3.8) is 0 Å². The Labute approximate surface area is 128 Å². The van der Waals surface area contributed by atoms with Crippen molar-refractivity contribution in [2.24, 2.45) is 0 Å². The minimum atomic E-state index is 0.720. The van der Waals surface area contributed by atoms with Crippen LogP contribution in [0.25, 0.3) is 0 Å². The molecule has 1 N–H and O–H groups in total. The second kappa shape index (κ2) is 6.32. The summed E-state index contributed by atoms with van der Waals surface area (Å²) in [4.78, 5) is 9.70. The van der Waals surface area contributed by atoms with Gasteiger partial charge in [-0.15, -0.1) is 0 Å². The number of hydrogen-bond acceptors (Lipinski definition) is 4. The molecule has 2 aliphatic rings. The average Bonchev–Trinajstić information content (AvgIpc) is 2.71. The minimum absolute atomic E-state index is 0.720. The molecule has 4 heteroatoms. The molecular weight excluding hydrogens is 260 g/mol. The molecule has 2 atom stereocenters. The third-order valence-electron chi connectivity index (χ3n) is 5.15. The fraction of sp³-hybridized carbons (Fsp3) is 0.706. The van der Waals surface area contributed by atoms with E-state index in [4.69, 9.17) is 0 Å². The number of aryl methyl sites for hydroxylation is 1. The van der Waals surface area contributed by atoms with E-state index in [-0.39, 0.29) is 0 Å². The van der Waals surface area contributed by atoms with Crippen LogP contribution in [0.4, 0.5) is 5.69 Å². The maximum absolute atomic E-state index is 4.50. The molecule has 0 spiro atoms. The molecule has 0 saturated carbocycles. The Kier molecular flexibility index (Phi) is 4.45. The Morgan fingerprint density at radius 1 is 1.29 bits per heavy atom. The molecule has 1 aromatic rings. The van der Waals surface area contributed by atoms with Crippen LogP contribution in [0, 0.1) is 6.92 Å². The van der Waals surface area contributed by atoms with Gasteiger partial charge >= 0.3 is 0 Å². The van der Waals surface area contributed by atoms with Gasteiger partial charge in [0.25, 0.3) is 0 Å². The number of hydrogen-bond donors (Lipinski definition) is 1. The van der Waals surface area contributed by atoms with Gasteiger partial charge < -0.3 is 10.2 Å². The molecule has 2 unspecified atom stereocenters. The fourth-order valence-corrected chi connectivity index (χ4v) is 3.79. The molecule has 2 aliphatic heterocycles. The number of pyridine rings is 1. The summed E-state index contributed by atoms with van der Waals surface area (Å²) in [5.74, 6) is 0. The van der Waals surface area contributed by atoms with Gasteiger partial charge in [-0.05, 0) is 45.8 Å². The highest BCUT2D eigenvalue weighted by molar-refractivity contribution is 5.54. The highest BCUT2D eigenvalue weighted by Gasteiger charge is 2.35. The molecule has 116 valence electrons. The van der Waals surface area contributed by atoms with Crippen LogP contribution in [0.5, 0.6) is 0 Å². The zero-order valence-electron chi connectivity index (χ0n) is 13.6. The molecule has 2 fully saturated rings. The first-order valence-corrected chi connectivity index (χ1v) is 8.32. The molecule has 3 heterocycles. The van der Waals surface area contributed by atoms with Gasteiger partial charge in [-0.3, -0.25) is 9.88 Å². The van der Waals surface area contributed by atoms with Crippen molar-refractivity contribution >= 4 is 5.69 Å². The summed E-state index contributed by atoms with van der Waals surface area (Å²) in [6, 6.07) is 3.78. The van der Waals surface area contributed by atoms with Crippen molar-refractivity contribution < 1.29 is 0 Å². The molecule has 0 aliphatic carbocycles. The minimum Gasteiger partial charge on any atom is -0.370 e. The first-order valence-electron chi connectivity index (χ1n) is 8.32. The van der Waals surface area contributed by atoms with Gasteiger partial charge in [0.2, 0.25) is 0 Å². The smallest absolute Gasteiger partial charge is 0.0446 e. The van der Waals surface area contributed by atoms with Crippen molar-refractivity contribution in [2.45, 2.75) is 51.7 Å². The van der Waals surface area contributed by atoms with Crippen LogP contribution in [-0.4, -0.2) is 48.6 Å². The highest BCUT2D eigenvalue weighted by Crippen LogP contribution is 2.32. The normalized spacial score (nSPS) is 26.1. The maximum atomic E-state index is 4.50. The fourth-order valence-electron chi connectivity index (χ4n) is 3.79. The van der Waals surface area contributed by atoms with Gasteiger partial charge in [-0.2, -0.15) is 0 Å². The summed E-state index contributed by atoms with van der Waals surface area (Å²) in [7, 11) is 2.31. The molecule has 0 radical (unpaired) electrons. The van der Waals surface area contributed by atoms with E-state index in [1.54, 1.807) is 0 Å². The van der Waals surface area contributed by atoms with E-state index in [1.807, 2.05) is 0 Å². The second-order valence-electron chi connectivity index (χ2n) is 6.52. The molecule has 1 aromatic heterocycles. The first-order chi connectivity index (χ1) is 10.2. The zero-order chi connectivity index (χ0) is 14.8. The number of likely N-dealkylation sites (N-methyl/N-ethyl adjacent to an activating group) is 1. The topological polar surface area (TPSA) is 31.4 Å². The Bertz CT molecular complexity index is 488. The zero-order valence-corrected chi connectivity index (χ0v) is 13.6. The van der Waals surface area contributed by atoms with Crippen molar-refractivity contribution in [3.8, 4) is 0 Å². The second-order valence-corrected chi connectivity index (χ2v) is 6.52. The lowest BCUT2D eigenvalue weighted by atomic mass is 10.1. The van der Waals surface area contributed by atoms with E-state index in [9.17, 15) is 0 Å². The highest BCUT2D eigenvalue weighted by atomic mass is 15.3. The Morgan fingerprint density at radius 3 is 2.90 bits per heavy atom. The van der Waals surface area contributed by atoms with Crippen LogP contribution < -0.4 is 10.2 Å². The SMILES string of the molecule is CCNCc1cnc(C)cc1N1CCC2CCC(C1)N2C. The molecule has 2 saturated heterocycles. The van der Waals surface area contributed by atoms with E-state index in [0.29, 0.717) is 0 Å². The molecule has 4 nitrogen and oxygen atoms in total. The van der Waals surface area contributed by atoms with Gasteiger partial charge in [0.05, 0.1) is 0 Å². The number of aromatic nitrogens is 1. The van der Waals surface area contributed by atoms with Gasteiger partial charge in [0.15, 0.2) is 0 Å². The van der Waals surface area contributed by atoms with Crippen molar-refractivity contribution in [1.82, 2.24) is 15.2 Å². The molecule has 3 rings (SSSR count). The Balaban J connectivity index is 1.83. The largest absolute Gasteiger partial charge is 0.370 e. The summed E-state index contributed by atoms with van der Waals surface area (Å²) in [6.45, 7) is 8.50. The van der Waals surface area contributed by atoms with Crippen LogP contribution >= 0.6 is 0 Å². The third kappa shape index (κ3) is 3.06. The average molecular weight is 288 g/mol. The lowest BCUT2D eigenvalue weighted by Crippen LogP contribution is -2.37. The Morgan fingerprint density at radius 2 is 2.10 bits per heavy atom. The summed E-state index contributed by atoms with van der Waals surface area (Å²) in [5, 5.41) is 3.44. The van der Waals surface area contributed by atoms with Gasteiger partial charge in [-0.25, -0.2) is 0 Å². The van der Waals surface area contributed by atoms with E-state index < -0.39 is 0 Å². The third-order valence-corrected chi connectivity index (χ3v) is 5.15. The number of rotatable bonds is 4. The summed E-state index contributed by atoms with van der Waals surface area (Å²) in [5.41, 5.74) is 3.85. The number of anilines is 1. The van der Waals surface area contributed by atoms with Crippen LogP contribution in [0.2, 0.25) is 0 Å². The van der Waals surface area contributed by atoms with Gasteiger partial charge in [0.1, 0.15) is 0 Å². The van der Waals surface area contributed by atoms with Crippen molar-refractivity contribution in [2.75, 3.05) is 31.6 Å². The van der Waals surface area contributed by atoms with Crippen LogP contribution in [-0.2, 0) is 6.54 Å². The van der Waals surface area contributed by atoms with Crippen molar-refractivity contribution in [3.05, 3.63) is 23.5 Å². The molecule has 0 amide bonds. The maximum Gasteiger partial charge on any atom is 0.0446 e. The lowest BCUT2D eigenvalue weighted by Gasteiger charge is -2.29. The predicted octanol–water partition coefficient (Wildman–Crippen LogP) is 2.17. The quantitative estimate of drug-likeness (QED) is 0.920. The van der Waals surface area contributed by atoms with Crippen LogP contribution in [0.15, 0.2) is 12.3 Å². The lowest BCUT2D eigenvalue weighted by molar-refractivity contribution is 0.254. The van der Waals surface area contributed by atoms with E-state index in [2.05, 4.69) is 53.3 Å². The Hall–Kier alpha value is -1.13. The van der Waals surface area contributed by atoms with E-state index in [1.165, 1.54) is 37.1 Å². The molecule has 2 bridgehead atoms. The standard InChI is InChI=1S/C17H28N4/c1-4-18-10-14-11-19-13(2)9-17(14)21-8-7-15-5-6-16(12-21)20(15)3/h9,11,15-16,18H,4-8,10,12H2,1-3H3.